The number of hydrogen-bond donors (Lipinski definition) is 2. The van der Waals surface area contributed by atoms with Crippen molar-refractivity contribution >= 4 is 15.9 Å². The predicted molar refractivity (Wildman–Crippen MR) is 75.1 cm³/mol. The molecule has 0 radical (unpaired) electrons. The van der Waals surface area contributed by atoms with Gasteiger partial charge < -0.3 is 13.9 Å². The van der Waals surface area contributed by atoms with E-state index in [1.807, 2.05) is 24.3 Å². The smallest absolute Gasteiger partial charge is 0.174 e. The van der Waals surface area contributed by atoms with Gasteiger partial charge in [-0.25, -0.2) is 5.43 Å². The molecule has 1 atom stereocenters. The molecule has 2 rings (SSSR count). The monoisotopic (exact) mass is 326 g/mol. The summed E-state index contributed by atoms with van der Waals surface area (Å²) in [7, 11) is 3.20. The van der Waals surface area contributed by atoms with Crippen LogP contribution in [0.5, 0.6) is 11.5 Å². The Hall–Kier alpha value is -1.50. The zero-order valence-corrected chi connectivity index (χ0v) is 12.2. The van der Waals surface area contributed by atoms with E-state index >= 15 is 0 Å². The minimum Gasteiger partial charge on any atom is -0.493 e. The van der Waals surface area contributed by atoms with Gasteiger partial charge in [0, 0.05) is 5.56 Å². The van der Waals surface area contributed by atoms with E-state index in [2.05, 4.69) is 21.4 Å². The first-order valence-electron chi connectivity index (χ1n) is 5.62. The number of benzene rings is 1. The minimum absolute atomic E-state index is 0.201. The standard InChI is InChI=1S/C13H15BrN2O3/c1-17-10-4-3-8(7-11(10)18-2)12(16-15)9-5-6-19-13(9)14/h3-7,12,16H,15H2,1-2H3. The number of nitrogens with two attached hydrogens (primary N) is 1. The van der Waals surface area contributed by atoms with E-state index in [0.29, 0.717) is 16.2 Å². The molecule has 0 fully saturated rings. The summed E-state index contributed by atoms with van der Waals surface area (Å²) in [6.45, 7) is 0. The Bertz CT molecular complexity index is 557. The van der Waals surface area contributed by atoms with Crippen LogP contribution in [-0.4, -0.2) is 14.2 Å². The van der Waals surface area contributed by atoms with E-state index in [4.69, 9.17) is 19.7 Å². The van der Waals surface area contributed by atoms with Crippen molar-refractivity contribution in [2.45, 2.75) is 6.04 Å². The summed E-state index contributed by atoms with van der Waals surface area (Å²) in [4.78, 5) is 0. The fourth-order valence-electron chi connectivity index (χ4n) is 1.91. The molecule has 102 valence electrons. The predicted octanol–water partition coefficient (Wildman–Crippen LogP) is 2.61. The average Bonchev–Trinajstić information content (AvgIpc) is 2.86. The lowest BCUT2D eigenvalue weighted by Crippen LogP contribution is -2.28. The first-order valence-corrected chi connectivity index (χ1v) is 6.41. The quantitative estimate of drug-likeness (QED) is 0.653. The van der Waals surface area contributed by atoms with Crippen LogP contribution in [0, 0.1) is 0 Å². The Morgan fingerprint density at radius 2 is 1.95 bits per heavy atom. The van der Waals surface area contributed by atoms with E-state index in [1.54, 1.807) is 20.5 Å². The van der Waals surface area contributed by atoms with Gasteiger partial charge in [0.15, 0.2) is 16.2 Å². The number of furan rings is 1. The second kappa shape index (κ2) is 6.10. The maximum atomic E-state index is 5.64. The van der Waals surface area contributed by atoms with Crippen LogP contribution in [0.3, 0.4) is 0 Å². The highest BCUT2D eigenvalue weighted by atomic mass is 79.9. The average molecular weight is 327 g/mol. The van der Waals surface area contributed by atoms with Gasteiger partial charge in [-0.15, -0.1) is 0 Å². The summed E-state index contributed by atoms with van der Waals surface area (Å²) < 4.78 is 16.4. The van der Waals surface area contributed by atoms with E-state index in [9.17, 15) is 0 Å². The van der Waals surface area contributed by atoms with Gasteiger partial charge in [0.25, 0.3) is 0 Å². The Balaban J connectivity index is 2.42. The van der Waals surface area contributed by atoms with Crippen LogP contribution in [0.4, 0.5) is 0 Å². The molecule has 0 spiro atoms. The number of methoxy groups -OCH3 is 2. The van der Waals surface area contributed by atoms with E-state index in [-0.39, 0.29) is 6.04 Å². The maximum absolute atomic E-state index is 5.64. The summed E-state index contributed by atoms with van der Waals surface area (Å²) in [5.41, 5.74) is 4.62. The van der Waals surface area contributed by atoms with Gasteiger partial charge in [0.1, 0.15) is 0 Å². The summed E-state index contributed by atoms with van der Waals surface area (Å²) >= 11 is 3.35. The largest absolute Gasteiger partial charge is 0.493 e. The lowest BCUT2D eigenvalue weighted by molar-refractivity contribution is 0.354. The minimum atomic E-state index is -0.201. The number of nitrogens with one attached hydrogen (secondary N) is 1. The molecule has 0 amide bonds. The van der Waals surface area contributed by atoms with Crippen LogP contribution in [-0.2, 0) is 0 Å². The maximum Gasteiger partial charge on any atom is 0.174 e. The first-order chi connectivity index (χ1) is 9.21. The molecule has 0 bridgehead atoms. The normalized spacial score (nSPS) is 12.2. The van der Waals surface area contributed by atoms with Crippen molar-refractivity contribution in [1.82, 2.24) is 5.43 Å². The fourth-order valence-corrected chi connectivity index (χ4v) is 2.38. The molecule has 19 heavy (non-hydrogen) atoms. The topological polar surface area (TPSA) is 69.7 Å². The third-order valence-corrected chi connectivity index (χ3v) is 3.51. The molecule has 1 unspecified atom stereocenters. The molecule has 0 saturated heterocycles. The van der Waals surface area contributed by atoms with Crippen LogP contribution in [0.25, 0.3) is 0 Å². The van der Waals surface area contributed by atoms with Gasteiger partial charge in [-0.05, 0) is 39.7 Å². The number of hydrazine groups is 1. The zero-order chi connectivity index (χ0) is 13.8. The Morgan fingerprint density at radius 3 is 2.47 bits per heavy atom. The Morgan fingerprint density at radius 1 is 1.21 bits per heavy atom. The van der Waals surface area contributed by atoms with Gasteiger partial charge in [0.05, 0.1) is 26.5 Å². The molecule has 0 saturated carbocycles. The molecule has 0 aliphatic rings. The zero-order valence-electron chi connectivity index (χ0n) is 10.6. The summed E-state index contributed by atoms with van der Waals surface area (Å²) in [5.74, 6) is 6.97. The molecule has 6 heteroatoms. The molecule has 3 N–H and O–H groups in total. The van der Waals surface area contributed by atoms with Gasteiger partial charge in [0.2, 0.25) is 0 Å². The highest BCUT2D eigenvalue weighted by Gasteiger charge is 2.19. The molecular formula is C13H15BrN2O3. The lowest BCUT2D eigenvalue weighted by atomic mass is 10.0. The number of halogens is 1. The summed E-state index contributed by atoms with van der Waals surface area (Å²) in [6.07, 6.45) is 1.60. The van der Waals surface area contributed by atoms with Crippen molar-refractivity contribution in [3.8, 4) is 11.5 Å². The highest BCUT2D eigenvalue weighted by molar-refractivity contribution is 9.10. The number of rotatable bonds is 5. The van der Waals surface area contributed by atoms with E-state index in [1.165, 1.54) is 0 Å². The molecule has 0 aliphatic heterocycles. The van der Waals surface area contributed by atoms with Crippen molar-refractivity contribution < 1.29 is 13.9 Å². The molecule has 1 aromatic heterocycles. The fraction of sp³-hybridized carbons (Fsp3) is 0.231. The summed E-state index contributed by atoms with van der Waals surface area (Å²) in [5, 5.41) is 0. The van der Waals surface area contributed by atoms with Gasteiger partial charge >= 0.3 is 0 Å². The molecule has 1 heterocycles. The second-order valence-corrected chi connectivity index (χ2v) is 4.58. The van der Waals surface area contributed by atoms with Gasteiger partial charge in [-0.2, -0.15) is 0 Å². The Labute approximate surface area is 119 Å². The van der Waals surface area contributed by atoms with Crippen LogP contribution >= 0.6 is 15.9 Å². The third-order valence-electron chi connectivity index (χ3n) is 2.86. The van der Waals surface area contributed by atoms with Crippen LogP contribution in [0.2, 0.25) is 0 Å². The Kier molecular flexibility index (Phi) is 4.47. The molecule has 2 aromatic rings. The van der Waals surface area contributed by atoms with Crippen LogP contribution in [0.1, 0.15) is 17.2 Å². The summed E-state index contributed by atoms with van der Waals surface area (Å²) in [6, 6.07) is 7.29. The number of ether oxygens (including phenoxy) is 2. The molecular weight excluding hydrogens is 312 g/mol. The number of hydrogen-bond acceptors (Lipinski definition) is 5. The molecule has 1 aromatic carbocycles. The van der Waals surface area contributed by atoms with Gasteiger partial charge in [-0.1, -0.05) is 6.07 Å². The lowest BCUT2D eigenvalue weighted by Gasteiger charge is -2.17. The van der Waals surface area contributed by atoms with Crippen molar-refractivity contribution in [3.05, 3.63) is 46.3 Å². The van der Waals surface area contributed by atoms with Crippen LogP contribution < -0.4 is 20.7 Å². The van der Waals surface area contributed by atoms with Crippen LogP contribution in [0.15, 0.2) is 39.6 Å². The third kappa shape index (κ3) is 2.75. The molecule has 0 aliphatic carbocycles. The van der Waals surface area contributed by atoms with Crippen molar-refractivity contribution in [2.75, 3.05) is 14.2 Å². The second-order valence-electron chi connectivity index (χ2n) is 3.86. The molecule has 5 nitrogen and oxygen atoms in total. The van der Waals surface area contributed by atoms with Gasteiger partial charge in [-0.3, -0.25) is 5.84 Å². The SMILES string of the molecule is COc1ccc(C(NN)c2ccoc2Br)cc1OC. The van der Waals surface area contributed by atoms with E-state index in [0.717, 1.165) is 11.1 Å². The highest BCUT2D eigenvalue weighted by Crippen LogP contribution is 2.34. The first kappa shape index (κ1) is 13.9. The van der Waals surface area contributed by atoms with Crippen molar-refractivity contribution in [2.24, 2.45) is 5.84 Å². The van der Waals surface area contributed by atoms with Crippen molar-refractivity contribution in [3.63, 3.8) is 0 Å². The van der Waals surface area contributed by atoms with E-state index < -0.39 is 0 Å². The van der Waals surface area contributed by atoms with Crippen molar-refractivity contribution in [1.29, 1.82) is 0 Å².